The predicted molar refractivity (Wildman–Crippen MR) is 128 cm³/mol. The zero-order valence-electron chi connectivity index (χ0n) is 19.9. The first-order valence-corrected chi connectivity index (χ1v) is 11.8. The van der Waals surface area contributed by atoms with Crippen LogP contribution in [0.25, 0.3) is 0 Å². The van der Waals surface area contributed by atoms with Crippen LogP contribution in [0, 0.1) is 23.2 Å². The second-order valence-electron chi connectivity index (χ2n) is 7.80. The maximum atomic E-state index is 8.85. The minimum Gasteiger partial charge on any atom is -0.369 e. The fourth-order valence-corrected chi connectivity index (χ4v) is 4.44. The van der Waals surface area contributed by atoms with Crippen molar-refractivity contribution >= 4 is 20.7 Å². The van der Waals surface area contributed by atoms with E-state index in [0.717, 1.165) is 12.0 Å². The fourth-order valence-electron chi connectivity index (χ4n) is 2.66. The Morgan fingerprint density at radius 3 is 2.45 bits per heavy atom. The maximum Gasteiger partial charge on any atom is 0.259 e. The summed E-state index contributed by atoms with van der Waals surface area (Å²) in [5.74, 6) is 7.02. The Morgan fingerprint density at radius 1 is 1.23 bits per heavy atom. The van der Waals surface area contributed by atoms with Gasteiger partial charge in [0, 0.05) is 44.4 Å². The van der Waals surface area contributed by atoms with Crippen LogP contribution >= 0.6 is 8.53 Å². The SMILES string of the molecule is CC[C@H](CC#Cc1ccc(N=CN(C)C)nc1)OP(OCCC#N)N(C(C)C)C(C)C. The van der Waals surface area contributed by atoms with Gasteiger partial charge in [0.2, 0.25) is 0 Å². The summed E-state index contributed by atoms with van der Waals surface area (Å²) in [6.45, 7) is 11.0. The van der Waals surface area contributed by atoms with Crippen molar-refractivity contribution in [1.29, 1.82) is 5.26 Å². The molecular weight excluding hydrogens is 409 g/mol. The molecule has 0 saturated carbocycles. The van der Waals surface area contributed by atoms with Gasteiger partial charge >= 0.3 is 0 Å². The van der Waals surface area contributed by atoms with Crippen LogP contribution in [0.15, 0.2) is 23.3 Å². The van der Waals surface area contributed by atoms with E-state index >= 15 is 0 Å². The highest BCUT2D eigenvalue weighted by Crippen LogP contribution is 2.47. The molecule has 1 unspecified atom stereocenters. The summed E-state index contributed by atoms with van der Waals surface area (Å²) >= 11 is 0. The fraction of sp³-hybridized carbons (Fsp3) is 0.609. The molecule has 0 radical (unpaired) electrons. The molecule has 0 N–H and O–H groups in total. The van der Waals surface area contributed by atoms with Crippen LogP contribution in [-0.2, 0) is 9.05 Å². The first-order chi connectivity index (χ1) is 14.8. The van der Waals surface area contributed by atoms with E-state index in [1.807, 2.05) is 31.1 Å². The third-order valence-electron chi connectivity index (χ3n) is 4.09. The van der Waals surface area contributed by atoms with E-state index in [4.69, 9.17) is 14.3 Å². The Morgan fingerprint density at radius 2 is 1.94 bits per heavy atom. The van der Waals surface area contributed by atoms with Gasteiger partial charge in [0.05, 0.1) is 31.5 Å². The van der Waals surface area contributed by atoms with E-state index in [9.17, 15) is 0 Å². The van der Waals surface area contributed by atoms with Crippen molar-refractivity contribution in [2.45, 2.75) is 72.1 Å². The summed E-state index contributed by atoms with van der Waals surface area (Å²) in [6.07, 6.45) is 5.18. The topological polar surface area (TPSA) is 74.0 Å². The summed E-state index contributed by atoms with van der Waals surface area (Å²) < 4.78 is 14.6. The van der Waals surface area contributed by atoms with Crippen LogP contribution in [0.3, 0.4) is 0 Å². The van der Waals surface area contributed by atoms with Crippen LogP contribution in [0.4, 0.5) is 5.82 Å². The average Bonchev–Trinajstić information content (AvgIpc) is 2.71. The van der Waals surface area contributed by atoms with Gasteiger partial charge in [-0.15, -0.1) is 0 Å². The molecule has 0 spiro atoms. The van der Waals surface area contributed by atoms with Crippen LogP contribution in [0.5, 0.6) is 0 Å². The zero-order valence-corrected chi connectivity index (χ0v) is 20.8. The second kappa shape index (κ2) is 14.9. The minimum atomic E-state index is -1.26. The predicted octanol–water partition coefficient (Wildman–Crippen LogP) is 5.12. The zero-order chi connectivity index (χ0) is 23.2. The number of hydrogen-bond donors (Lipinski definition) is 0. The summed E-state index contributed by atoms with van der Waals surface area (Å²) in [7, 11) is 2.57. The molecule has 0 aliphatic carbocycles. The standard InChI is InChI=1S/C23H36N5O2P/c1-8-22(30-31(29-16-10-15-24)28(19(2)3)20(4)5)12-9-11-21-13-14-23(25-17-21)26-18-27(6)7/h13-14,17-20,22H,8,10,12,16H2,1-7H3/t22-,31?/m1/s1. The van der Waals surface area contributed by atoms with Gasteiger partial charge in [-0.3, -0.25) is 0 Å². The molecule has 1 heterocycles. The quantitative estimate of drug-likeness (QED) is 0.146. The number of hydrogen-bond acceptors (Lipinski definition) is 6. The van der Waals surface area contributed by atoms with Crippen molar-refractivity contribution in [3.63, 3.8) is 0 Å². The number of nitrogens with zero attached hydrogens (tertiary/aromatic N) is 5. The molecule has 1 aromatic heterocycles. The van der Waals surface area contributed by atoms with Crippen LogP contribution in [0.1, 0.15) is 59.4 Å². The molecule has 2 atom stereocenters. The van der Waals surface area contributed by atoms with E-state index in [0.29, 0.717) is 25.3 Å². The Bertz CT molecular complexity index is 755. The number of pyridine rings is 1. The highest BCUT2D eigenvalue weighted by atomic mass is 31.2. The normalized spacial score (nSPS) is 13.3. The summed E-state index contributed by atoms with van der Waals surface area (Å²) in [5.41, 5.74) is 0.845. The number of rotatable bonds is 12. The Hall–Kier alpha value is -2.02. The monoisotopic (exact) mass is 445 g/mol. The van der Waals surface area contributed by atoms with Crippen molar-refractivity contribution in [2.75, 3.05) is 20.7 Å². The molecule has 0 bridgehead atoms. The maximum absolute atomic E-state index is 8.85. The van der Waals surface area contributed by atoms with Crippen molar-refractivity contribution in [3.8, 4) is 17.9 Å². The van der Waals surface area contributed by atoms with Gasteiger partial charge in [-0.25, -0.2) is 14.6 Å². The summed E-state index contributed by atoms with van der Waals surface area (Å²) in [4.78, 5) is 10.4. The highest BCUT2D eigenvalue weighted by Gasteiger charge is 2.29. The smallest absolute Gasteiger partial charge is 0.259 e. The number of nitriles is 1. The highest BCUT2D eigenvalue weighted by molar-refractivity contribution is 7.44. The Balaban J connectivity index is 2.80. The lowest BCUT2D eigenvalue weighted by Crippen LogP contribution is -2.34. The molecule has 0 aromatic carbocycles. The van der Waals surface area contributed by atoms with Crippen molar-refractivity contribution in [2.24, 2.45) is 4.99 Å². The third kappa shape index (κ3) is 10.7. The molecule has 1 rings (SSSR count). The van der Waals surface area contributed by atoms with E-state index in [1.165, 1.54) is 0 Å². The van der Waals surface area contributed by atoms with Gasteiger partial charge in [0.15, 0.2) is 5.82 Å². The van der Waals surface area contributed by atoms with Gasteiger partial charge in [0.1, 0.15) is 0 Å². The molecule has 7 nitrogen and oxygen atoms in total. The van der Waals surface area contributed by atoms with Gasteiger partial charge in [-0.1, -0.05) is 18.8 Å². The summed E-state index contributed by atoms with van der Waals surface area (Å²) in [5, 5.41) is 8.85. The lowest BCUT2D eigenvalue weighted by atomic mass is 10.2. The van der Waals surface area contributed by atoms with E-state index in [2.05, 4.69) is 67.2 Å². The van der Waals surface area contributed by atoms with Crippen molar-refractivity contribution in [3.05, 3.63) is 23.9 Å². The molecule has 0 saturated heterocycles. The molecule has 0 aliphatic heterocycles. The molecule has 0 fully saturated rings. The van der Waals surface area contributed by atoms with E-state index < -0.39 is 8.53 Å². The number of aromatic nitrogens is 1. The van der Waals surface area contributed by atoms with Crippen LogP contribution in [-0.4, -0.2) is 59.8 Å². The molecule has 0 aliphatic rings. The van der Waals surface area contributed by atoms with Crippen LogP contribution < -0.4 is 0 Å². The van der Waals surface area contributed by atoms with Crippen LogP contribution in [0.2, 0.25) is 0 Å². The van der Waals surface area contributed by atoms with Gasteiger partial charge < -0.3 is 13.9 Å². The van der Waals surface area contributed by atoms with E-state index in [1.54, 1.807) is 12.5 Å². The average molecular weight is 446 g/mol. The lowest BCUT2D eigenvalue weighted by Gasteiger charge is -2.37. The molecule has 1 aromatic rings. The Labute approximate surface area is 189 Å². The van der Waals surface area contributed by atoms with Crippen molar-refractivity contribution < 1.29 is 9.05 Å². The first kappa shape index (κ1) is 27.0. The molecule has 170 valence electrons. The molecule has 0 amide bonds. The number of aliphatic imine (C=N–C) groups is 1. The second-order valence-corrected chi connectivity index (χ2v) is 9.21. The largest absolute Gasteiger partial charge is 0.369 e. The lowest BCUT2D eigenvalue weighted by molar-refractivity contribution is 0.132. The van der Waals surface area contributed by atoms with E-state index in [-0.39, 0.29) is 18.2 Å². The molecule has 8 heteroatoms. The third-order valence-corrected chi connectivity index (χ3v) is 6.27. The van der Waals surface area contributed by atoms with Gasteiger partial charge in [-0.05, 0) is 46.2 Å². The Kier molecular flexibility index (Phi) is 13.0. The molecular formula is C23H36N5O2P. The first-order valence-electron chi connectivity index (χ1n) is 10.7. The minimum absolute atomic E-state index is 0.0439. The van der Waals surface area contributed by atoms with Gasteiger partial charge in [-0.2, -0.15) is 5.26 Å². The summed E-state index contributed by atoms with van der Waals surface area (Å²) in [6, 6.07) is 6.45. The van der Waals surface area contributed by atoms with Crippen molar-refractivity contribution in [1.82, 2.24) is 14.6 Å². The molecule has 31 heavy (non-hydrogen) atoms. The van der Waals surface area contributed by atoms with Gasteiger partial charge in [0.25, 0.3) is 8.53 Å².